The molecular weight excluding hydrogens is 471 g/mol. The van der Waals surface area contributed by atoms with Crippen molar-refractivity contribution < 1.29 is 13.9 Å². The summed E-state index contributed by atoms with van der Waals surface area (Å²) in [6.07, 6.45) is 22.9. The van der Waals surface area contributed by atoms with Crippen LogP contribution in [0.15, 0.2) is 12.1 Å². The zero-order valence-corrected chi connectivity index (χ0v) is 24.7. The number of hydrogen-bond acceptors (Lipinski definition) is 2. The van der Waals surface area contributed by atoms with Crippen molar-refractivity contribution in [1.29, 1.82) is 0 Å². The van der Waals surface area contributed by atoms with E-state index in [4.69, 9.17) is 4.74 Å². The zero-order valence-electron chi connectivity index (χ0n) is 24.7. The number of hydrogen-bond donors (Lipinski definition) is 0. The van der Waals surface area contributed by atoms with Gasteiger partial charge in [0.05, 0.1) is 6.61 Å². The molecule has 4 rings (SSSR count). The summed E-state index contributed by atoms with van der Waals surface area (Å²) in [7, 11) is 0. The van der Waals surface area contributed by atoms with E-state index in [0.717, 1.165) is 42.4 Å². The number of Topliss-reactive ketones (excluding diaryl/α,β-unsaturated/α-hetero) is 1. The summed E-state index contributed by atoms with van der Waals surface area (Å²) in [6.45, 7) is 6.92. The lowest BCUT2D eigenvalue weighted by Gasteiger charge is -2.38. The first-order chi connectivity index (χ1) is 18.5. The number of ketones is 1. The highest BCUT2D eigenvalue weighted by Crippen LogP contribution is 2.43. The first kappa shape index (κ1) is 29.6. The van der Waals surface area contributed by atoms with E-state index >= 15 is 4.39 Å². The van der Waals surface area contributed by atoms with Gasteiger partial charge in [-0.1, -0.05) is 78.1 Å². The van der Waals surface area contributed by atoms with Crippen LogP contribution in [-0.4, -0.2) is 12.4 Å². The highest BCUT2D eigenvalue weighted by Gasteiger charge is 2.30. The average molecular weight is 527 g/mol. The fourth-order valence-corrected chi connectivity index (χ4v) is 8.08. The lowest BCUT2D eigenvalue weighted by Crippen LogP contribution is -2.26. The van der Waals surface area contributed by atoms with E-state index in [9.17, 15) is 4.79 Å². The molecule has 3 fully saturated rings. The van der Waals surface area contributed by atoms with E-state index < -0.39 is 0 Å². The zero-order chi connectivity index (χ0) is 26.9. The summed E-state index contributed by atoms with van der Waals surface area (Å²) in [5.74, 6) is 5.13. The predicted molar refractivity (Wildman–Crippen MR) is 156 cm³/mol. The summed E-state index contributed by atoms with van der Waals surface area (Å²) < 4.78 is 21.0. The Morgan fingerprint density at radius 1 is 0.789 bits per heavy atom. The van der Waals surface area contributed by atoms with Gasteiger partial charge in [0.1, 0.15) is 0 Å². The van der Waals surface area contributed by atoms with Gasteiger partial charge in [0.2, 0.25) is 0 Å². The van der Waals surface area contributed by atoms with Gasteiger partial charge < -0.3 is 4.74 Å². The number of carbonyl (C=O) groups excluding carboxylic acids is 1. The fourth-order valence-electron chi connectivity index (χ4n) is 8.08. The Hall–Kier alpha value is -1.38. The van der Waals surface area contributed by atoms with Crippen LogP contribution in [0.5, 0.6) is 5.75 Å². The van der Waals surface area contributed by atoms with Gasteiger partial charge in [-0.3, -0.25) is 4.79 Å². The number of rotatable bonds is 12. The van der Waals surface area contributed by atoms with Crippen molar-refractivity contribution in [3.63, 3.8) is 0 Å². The predicted octanol–water partition coefficient (Wildman–Crippen LogP) is 10.5. The first-order valence-electron chi connectivity index (χ1n) is 16.4. The van der Waals surface area contributed by atoms with Crippen LogP contribution in [0.4, 0.5) is 4.39 Å². The number of carbonyl (C=O) groups is 1. The first-order valence-corrected chi connectivity index (χ1v) is 16.4. The highest BCUT2D eigenvalue weighted by molar-refractivity contribution is 5.97. The molecule has 0 unspecified atom stereocenters. The Balaban J connectivity index is 1.15. The lowest BCUT2D eigenvalue weighted by atomic mass is 9.68. The maximum atomic E-state index is 15.1. The normalized spacial score (nSPS) is 30.2. The minimum absolute atomic E-state index is 0.0864. The second-order valence-corrected chi connectivity index (χ2v) is 13.3. The third kappa shape index (κ3) is 8.07. The molecular formula is C35H55FO2. The van der Waals surface area contributed by atoms with Gasteiger partial charge in [-0.2, -0.15) is 0 Å². The van der Waals surface area contributed by atoms with E-state index in [-0.39, 0.29) is 11.6 Å². The van der Waals surface area contributed by atoms with Crippen molar-refractivity contribution in [3.8, 4) is 5.75 Å². The molecule has 0 atom stereocenters. The fraction of sp³-hybridized carbons (Fsp3) is 0.800. The van der Waals surface area contributed by atoms with Crippen LogP contribution in [0, 0.1) is 48.2 Å². The molecule has 0 aromatic heterocycles. The third-order valence-corrected chi connectivity index (χ3v) is 10.8. The molecule has 3 heteroatoms. The van der Waals surface area contributed by atoms with Crippen molar-refractivity contribution in [2.24, 2.45) is 35.5 Å². The van der Waals surface area contributed by atoms with Crippen molar-refractivity contribution in [2.75, 3.05) is 6.61 Å². The van der Waals surface area contributed by atoms with E-state index in [1.54, 1.807) is 19.1 Å². The van der Waals surface area contributed by atoms with Crippen molar-refractivity contribution >= 4 is 5.78 Å². The Kier molecular flexibility index (Phi) is 11.6. The number of halogens is 1. The SMILES string of the molecule is CCCC1CCC(C2CCC(CCCC(=O)c3ccc(OCC4CCC(CC)CC4)c(F)c3C)CC2)CC1. The molecule has 0 amide bonds. The van der Waals surface area contributed by atoms with Gasteiger partial charge >= 0.3 is 0 Å². The van der Waals surface area contributed by atoms with Crippen LogP contribution in [0.25, 0.3) is 0 Å². The van der Waals surface area contributed by atoms with Gasteiger partial charge in [-0.05, 0) is 105 Å². The van der Waals surface area contributed by atoms with Gasteiger partial charge in [-0.15, -0.1) is 0 Å². The molecule has 0 bridgehead atoms. The topological polar surface area (TPSA) is 26.3 Å². The number of ether oxygens (including phenoxy) is 1. The smallest absolute Gasteiger partial charge is 0.168 e. The molecule has 3 aliphatic rings. The van der Waals surface area contributed by atoms with Crippen LogP contribution >= 0.6 is 0 Å². The van der Waals surface area contributed by atoms with Gasteiger partial charge in [0.15, 0.2) is 17.3 Å². The van der Waals surface area contributed by atoms with Gasteiger partial charge in [0, 0.05) is 12.0 Å². The Labute approximate surface area is 232 Å². The molecule has 0 radical (unpaired) electrons. The van der Waals surface area contributed by atoms with Crippen LogP contribution in [0.2, 0.25) is 0 Å². The molecule has 214 valence electrons. The summed E-state index contributed by atoms with van der Waals surface area (Å²) in [6, 6.07) is 3.48. The Morgan fingerprint density at radius 2 is 1.34 bits per heavy atom. The van der Waals surface area contributed by atoms with Crippen LogP contribution in [0.3, 0.4) is 0 Å². The molecule has 1 aromatic carbocycles. The molecule has 1 aromatic rings. The molecule has 0 heterocycles. The largest absolute Gasteiger partial charge is 0.490 e. The quantitative estimate of drug-likeness (QED) is 0.253. The van der Waals surface area contributed by atoms with Crippen LogP contribution in [0.1, 0.15) is 145 Å². The lowest BCUT2D eigenvalue weighted by molar-refractivity contribution is 0.0972. The van der Waals surface area contributed by atoms with E-state index in [1.165, 1.54) is 96.3 Å². The molecule has 0 N–H and O–H groups in total. The van der Waals surface area contributed by atoms with Crippen LogP contribution in [-0.2, 0) is 0 Å². The monoisotopic (exact) mass is 526 g/mol. The maximum absolute atomic E-state index is 15.1. The third-order valence-electron chi connectivity index (χ3n) is 10.8. The summed E-state index contributed by atoms with van der Waals surface area (Å²) in [5, 5.41) is 0. The van der Waals surface area contributed by atoms with Crippen molar-refractivity contribution in [3.05, 3.63) is 29.1 Å². The van der Waals surface area contributed by atoms with Gasteiger partial charge in [-0.25, -0.2) is 4.39 Å². The average Bonchev–Trinajstić information content (AvgIpc) is 2.95. The molecule has 0 spiro atoms. The second kappa shape index (κ2) is 14.8. The highest BCUT2D eigenvalue weighted by atomic mass is 19.1. The van der Waals surface area contributed by atoms with E-state index in [1.807, 2.05) is 0 Å². The van der Waals surface area contributed by atoms with Crippen molar-refractivity contribution in [1.82, 2.24) is 0 Å². The summed E-state index contributed by atoms with van der Waals surface area (Å²) in [4.78, 5) is 13.0. The Bertz CT molecular complexity index is 855. The standard InChI is InChI=1S/C35H55FO2/c1-4-7-27-14-18-30(19-15-27)31-20-16-28(17-21-31)8-6-9-33(37)32-22-23-34(35(36)25(32)3)38-24-29-12-10-26(5-2)11-13-29/h22-23,26-31H,4-21,24H2,1-3H3. The van der Waals surface area contributed by atoms with E-state index in [0.29, 0.717) is 35.8 Å². The van der Waals surface area contributed by atoms with Crippen molar-refractivity contribution in [2.45, 2.75) is 136 Å². The molecule has 0 aliphatic heterocycles. The minimum atomic E-state index is -0.347. The Morgan fingerprint density at radius 3 is 1.92 bits per heavy atom. The molecule has 3 saturated carbocycles. The summed E-state index contributed by atoms with van der Waals surface area (Å²) in [5.41, 5.74) is 0.997. The maximum Gasteiger partial charge on any atom is 0.168 e. The molecule has 38 heavy (non-hydrogen) atoms. The number of benzene rings is 1. The van der Waals surface area contributed by atoms with E-state index in [2.05, 4.69) is 13.8 Å². The second-order valence-electron chi connectivity index (χ2n) is 13.3. The minimum Gasteiger partial charge on any atom is -0.490 e. The molecule has 2 nitrogen and oxygen atoms in total. The van der Waals surface area contributed by atoms with Crippen LogP contribution < -0.4 is 4.74 Å². The molecule has 3 aliphatic carbocycles. The molecule has 0 saturated heterocycles. The van der Waals surface area contributed by atoms with Gasteiger partial charge in [0.25, 0.3) is 0 Å². The summed E-state index contributed by atoms with van der Waals surface area (Å²) >= 11 is 0.